The number of rotatable bonds is 13. The van der Waals surface area contributed by atoms with Crippen molar-refractivity contribution in [2.24, 2.45) is 45.3 Å². The van der Waals surface area contributed by atoms with Crippen molar-refractivity contribution in [1.29, 1.82) is 0 Å². The molecule has 0 unspecified atom stereocenters. The number of halogens is 2. The lowest BCUT2D eigenvalue weighted by Gasteiger charge is -2.17. The summed E-state index contributed by atoms with van der Waals surface area (Å²) in [6.07, 6.45) is 13.3. The molecular formula is C57H74BrIN8O20. The predicted molar refractivity (Wildman–Crippen MR) is 328 cm³/mol. The highest BCUT2D eigenvalue weighted by Gasteiger charge is 2.70. The van der Waals surface area contributed by atoms with Gasteiger partial charge in [-0.2, -0.15) is 0 Å². The Labute approximate surface area is 516 Å². The van der Waals surface area contributed by atoms with E-state index in [-0.39, 0.29) is 106 Å². The minimum Gasteiger partial charge on any atom is -0.478 e. The lowest BCUT2D eigenvalue weighted by molar-refractivity contribution is -0.135. The first-order valence-corrected chi connectivity index (χ1v) is 29.0. The molecule has 28 nitrogen and oxygen atoms in total. The van der Waals surface area contributed by atoms with Crippen LogP contribution in [0.1, 0.15) is 107 Å². The van der Waals surface area contributed by atoms with Crippen LogP contribution in [0.2, 0.25) is 0 Å². The third-order valence-corrected chi connectivity index (χ3v) is 19.9. The SMILES string of the molecule is C.C.C=C.COC(=O)/C=C/c1cn([C@H]2C[C@H](O)[C@@]3(CO)C[C@H]23)c(=O)[nH]c1=O.O=C(O)/C=C/c1cn([C@H]2C[C@H](O)[C@]3(CO)C[C@H]23)c(=O)[nH]c1=O.O=c1[nH]c(=O)n([C@H]2C[C@H](O)[C@@]3(CO)C[C@H]23)cc1I.O=c1[nH]c(=O)n([C@H]2C[C@H](O)[C@]3(CO)C[C@H]23)cc1/C=C/Br. The van der Waals surface area contributed by atoms with E-state index in [9.17, 15) is 88.8 Å². The number of fused-ring (bicyclic) bond motifs is 4. The van der Waals surface area contributed by atoms with Crippen LogP contribution in [0.5, 0.6) is 0 Å². The normalized spacial score (nSPS) is 32.8. The molecule has 87 heavy (non-hydrogen) atoms. The molecule has 0 aromatic carbocycles. The van der Waals surface area contributed by atoms with E-state index in [0.29, 0.717) is 54.1 Å². The fraction of sp³-hybridized carbons (Fsp3) is 0.544. The number of aromatic amines is 4. The Bertz CT molecular complexity index is 3830. The van der Waals surface area contributed by atoms with Crippen LogP contribution in [0.4, 0.5) is 0 Å². The Morgan fingerprint density at radius 3 is 1.07 bits per heavy atom. The molecule has 8 aliphatic rings. The van der Waals surface area contributed by atoms with Crippen molar-refractivity contribution in [2.75, 3.05) is 33.5 Å². The van der Waals surface area contributed by atoms with Gasteiger partial charge in [0.15, 0.2) is 0 Å². The maximum absolute atomic E-state index is 12.1. The molecule has 0 aliphatic heterocycles. The molecule has 476 valence electrons. The molecule has 0 spiro atoms. The molecule has 16 atom stereocenters. The van der Waals surface area contributed by atoms with Gasteiger partial charge in [-0.3, -0.25) is 57.4 Å². The molecule has 0 radical (unpaired) electrons. The van der Waals surface area contributed by atoms with Gasteiger partial charge in [0.25, 0.3) is 22.2 Å². The monoisotopic (exact) mass is 1400 g/mol. The van der Waals surface area contributed by atoms with Crippen LogP contribution in [-0.4, -0.2) is 154 Å². The number of carboxylic acids is 1. The quantitative estimate of drug-likeness (QED) is 0.0353. The molecule has 8 saturated carbocycles. The van der Waals surface area contributed by atoms with Crippen molar-refractivity contribution >= 4 is 68.7 Å². The molecule has 4 heterocycles. The average molecular weight is 1400 g/mol. The van der Waals surface area contributed by atoms with Crippen molar-refractivity contribution < 1.29 is 60.3 Å². The molecule has 0 bridgehead atoms. The van der Waals surface area contributed by atoms with Gasteiger partial charge in [-0.15, -0.1) is 13.2 Å². The second kappa shape index (κ2) is 27.1. The Kier molecular flexibility index (Phi) is 21.7. The fourth-order valence-corrected chi connectivity index (χ4v) is 14.4. The van der Waals surface area contributed by atoms with Crippen molar-refractivity contribution in [2.45, 2.75) is 115 Å². The smallest absolute Gasteiger partial charge is 0.330 e. The van der Waals surface area contributed by atoms with E-state index < -0.39 is 97.5 Å². The number of H-pyrrole nitrogens is 4. The highest BCUT2D eigenvalue weighted by atomic mass is 127. The Hall–Kier alpha value is -6.49. The number of aromatic nitrogens is 8. The molecule has 0 saturated heterocycles. The summed E-state index contributed by atoms with van der Waals surface area (Å²) in [7, 11) is 1.22. The van der Waals surface area contributed by atoms with Crippen LogP contribution >= 0.6 is 38.5 Å². The first kappa shape index (κ1) is 69.6. The zero-order chi connectivity index (χ0) is 62.4. The van der Waals surface area contributed by atoms with E-state index >= 15 is 0 Å². The molecule has 12 rings (SSSR count). The molecule has 4 aromatic heterocycles. The maximum atomic E-state index is 12.1. The highest BCUT2D eigenvalue weighted by Crippen LogP contribution is 2.69. The summed E-state index contributed by atoms with van der Waals surface area (Å²) in [6, 6.07) is -0.913. The van der Waals surface area contributed by atoms with Crippen molar-refractivity contribution in [3.63, 3.8) is 0 Å². The zero-order valence-corrected chi connectivity index (χ0v) is 49.4. The first-order valence-electron chi connectivity index (χ1n) is 27.0. The van der Waals surface area contributed by atoms with E-state index in [1.54, 1.807) is 11.1 Å². The van der Waals surface area contributed by atoms with Crippen molar-refractivity contribution in [3.8, 4) is 0 Å². The third-order valence-electron chi connectivity index (χ3n) is 18.8. The second-order valence-electron chi connectivity index (χ2n) is 22.8. The number of aliphatic hydroxyl groups is 8. The first-order chi connectivity index (χ1) is 40.3. The van der Waals surface area contributed by atoms with Gasteiger partial charge >= 0.3 is 34.7 Å². The minimum atomic E-state index is -1.20. The summed E-state index contributed by atoms with van der Waals surface area (Å²) in [5.74, 6) is -1.62. The standard InChI is InChI=1S/C15H18N2O6.C14H16N2O6.C13H15BrN2O4.C11H13IN2O4.C2H4.2CH4/c1-23-12(20)3-2-8-6-17(14(22)16-13(8)21)10-4-11(19)15(7-18)5-9(10)15;17-6-14-4-8(14)9(3-10(14)18)16-5-7(1-2-11(19)20)12(21)15-13(16)22;14-2-1-7-5-16(12(20)15-11(7)19)9-3-10(18)13(6-17)4-8(9)13;12-6-3-14(10(18)13-9(6)17)7-1-8(16)11(4-15)2-5(7)11;1-2;;/h2-3,6,9-11,18-19H,4-5,7H2,1H3,(H,16,21,22);1-2,5,8-10,17-18H,3-4,6H2,(H,19,20)(H,15,21,22);1-2,5,8-10,17-18H,3-4,6H2,(H,15,19,20);3,5,7-8,15-16H,1-2,4H2,(H,13,17,18);1-2H2;2*1H4/b3-2+;2*2-1+;;;;/t9-,10+,11+,15-;8-,9+,10+,14+;8-,9+,10+,13+;5-,7+,8+,11-;;;/m1111.../s1. The number of esters is 1. The van der Waals surface area contributed by atoms with Gasteiger partial charge in [-0.1, -0.05) is 30.8 Å². The lowest BCUT2D eigenvalue weighted by Crippen LogP contribution is -2.34. The number of aliphatic carboxylic acids is 1. The number of nitrogens with one attached hydrogen (secondary N) is 4. The summed E-state index contributed by atoms with van der Waals surface area (Å²) in [4.78, 5) is 126. The Morgan fingerprint density at radius 2 is 0.816 bits per heavy atom. The van der Waals surface area contributed by atoms with Gasteiger partial charge in [-0.25, -0.2) is 28.8 Å². The van der Waals surface area contributed by atoms with Crippen LogP contribution in [0.3, 0.4) is 0 Å². The zero-order valence-electron chi connectivity index (χ0n) is 45.7. The van der Waals surface area contributed by atoms with Crippen molar-refractivity contribution in [3.05, 3.63) is 159 Å². The molecule has 8 fully saturated rings. The fourth-order valence-electron chi connectivity index (χ4n) is 13.7. The largest absolute Gasteiger partial charge is 0.478 e. The number of ether oxygens (including phenoxy) is 1. The topological polar surface area (TPSA) is 445 Å². The van der Waals surface area contributed by atoms with Crippen LogP contribution in [-0.2, 0) is 14.3 Å². The Morgan fingerprint density at radius 1 is 0.540 bits per heavy atom. The lowest BCUT2D eigenvalue weighted by atomic mass is 10.0. The highest BCUT2D eigenvalue weighted by molar-refractivity contribution is 14.1. The minimum absolute atomic E-state index is 0. The molecule has 13 N–H and O–H groups in total. The van der Waals surface area contributed by atoms with Gasteiger partial charge in [0.2, 0.25) is 0 Å². The van der Waals surface area contributed by atoms with Crippen LogP contribution in [0.25, 0.3) is 18.2 Å². The van der Waals surface area contributed by atoms with Gasteiger partial charge in [0, 0.05) is 82.8 Å². The third kappa shape index (κ3) is 12.9. The van der Waals surface area contributed by atoms with Gasteiger partial charge < -0.3 is 50.7 Å². The summed E-state index contributed by atoms with van der Waals surface area (Å²) in [5.41, 5.74) is -5.56. The van der Waals surface area contributed by atoms with Crippen LogP contribution in [0, 0.1) is 48.9 Å². The Balaban J connectivity index is 0.000000183. The molecule has 8 aliphatic carbocycles. The number of hydrogen-bond acceptors (Lipinski definition) is 19. The predicted octanol–water partition coefficient (Wildman–Crippen LogP) is -0.308. The number of carboxylic acid groups (broad SMARTS) is 1. The van der Waals surface area contributed by atoms with Gasteiger partial charge in [-0.05, 0) is 121 Å². The van der Waals surface area contributed by atoms with E-state index in [2.05, 4.69) is 53.8 Å². The van der Waals surface area contributed by atoms with E-state index in [4.69, 9.17) is 5.11 Å². The van der Waals surface area contributed by atoms with Crippen LogP contribution in [0.15, 0.2) is 93.4 Å². The molecule has 0 amide bonds. The van der Waals surface area contributed by atoms with Gasteiger partial charge in [0.05, 0.1) is 78.2 Å². The molecule has 30 heteroatoms. The summed E-state index contributed by atoms with van der Waals surface area (Å²) in [5, 5.41) is 86.6. The van der Waals surface area contributed by atoms with E-state index in [1.165, 1.54) is 56.2 Å². The second-order valence-corrected chi connectivity index (χ2v) is 24.5. The van der Waals surface area contributed by atoms with E-state index in [0.717, 1.165) is 24.6 Å². The number of carbonyl (C=O) groups is 2. The number of carbonyl (C=O) groups excluding carboxylic acids is 1. The molecular weight excluding hydrogens is 1320 g/mol. The summed E-state index contributed by atoms with van der Waals surface area (Å²) in [6.45, 7) is 5.62. The number of nitrogens with zero attached hydrogens (tertiary/aromatic N) is 4. The van der Waals surface area contributed by atoms with Gasteiger partial charge in [0.1, 0.15) is 0 Å². The maximum Gasteiger partial charge on any atom is 0.330 e. The molecule has 4 aromatic rings. The average Bonchev–Trinajstić information content (AvgIpc) is 1.58. The van der Waals surface area contributed by atoms with Crippen molar-refractivity contribution in [1.82, 2.24) is 38.2 Å². The number of aliphatic hydroxyl groups excluding tert-OH is 8. The van der Waals surface area contributed by atoms with E-state index in [1.807, 2.05) is 22.6 Å². The summed E-state index contributed by atoms with van der Waals surface area (Å²) < 4.78 is 10.6. The summed E-state index contributed by atoms with van der Waals surface area (Å²) >= 11 is 4.98. The van der Waals surface area contributed by atoms with Crippen LogP contribution < -0.4 is 45.0 Å². The number of methoxy groups -OCH3 is 1. The number of hydrogen-bond donors (Lipinski definition) is 13.